The lowest BCUT2D eigenvalue weighted by atomic mass is 9.82. The molecular weight excluding hydrogens is 224 g/mol. The normalized spacial score (nSPS) is 22.3. The SMILES string of the molecule is CNCC1CC(OCc2ccc(C#N)cc2C)C1. The summed E-state index contributed by atoms with van der Waals surface area (Å²) in [6.07, 6.45) is 2.74. The highest BCUT2D eigenvalue weighted by Gasteiger charge is 2.29. The first-order chi connectivity index (χ1) is 8.72. The highest BCUT2D eigenvalue weighted by molar-refractivity contribution is 5.37. The second-order valence-electron chi connectivity index (χ2n) is 5.08. The topological polar surface area (TPSA) is 45.0 Å². The monoisotopic (exact) mass is 244 g/mol. The number of benzene rings is 1. The zero-order valence-corrected chi connectivity index (χ0v) is 11.1. The van der Waals surface area contributed by atoms with E-state index in [9.17, 15) is 0 Å². The third kappa shape index (κ3) is 3.10. The number of hydrogen-bond acceptors (Lipinski definition) is 3. The van der Waals surface area contributed by atoms with Gasteiger partial charge in [0, 0.05) is 0 Å². The Labute approximate surface area is 109 Å². The standard InChI is InChI=1S/C15H20N2O/c1-11-5-12(8-16)3-4-14(11)10-18-15-6-13(7-15)9-17-2/h3-5,13,15,17H,6-7,9-10H2,1-2H3. The molecule has 0 heterocycles. The van der Waals surface area contributed by atoms with E-state index in [4.69, 9.17) is 10.00 Å². The molecular formula is C15H20N2O. The summed E-state index contributed by atoms with van der Waals surface area (Å²) in [5.41, 5.74) is 3.04. The minimum Gasteiger partial charge on any atom is -0.374 e. The molecule has 0 atom stereocenters. The van der Waals surface area contributed by atoms with Crippen LogP contribution >= 0.6 is 0 Å². The van der Waals surface area contributed by atoms with Gasteiger partial charge in [-0.15, -0.1) is 0 Å². The van der Waals surface area contributed by atoms with E-state index in [0.29, 0.717) is 18.3 Å². The molecule has 1 aliphatic rings. The van der Waals surface area contributed by atoms with E-state index in [-0.39, 0.29) is 0 Å². The minimum absolute atomic E-state index is 0.415. The molecule has 1 fully saturated rings. The maximum absolute atomic E-state index is 8.81. The molecule has 0 amide bonds. The molecule has 1 saturated carbocycles. The highest BCUT2D eigenvalue weighted by atomic mass is 16.5. The third-order valence-electron chi connectivity index (χ3n) is 3.63. The Balaban J connectivity index is 1.80. The van der Waals surface area contributed by atoms with Crippen molar-refractivity contribution in [1.82, 2.24) is 5.32 Å². The van der Waals surface area contributed by atoms with Crippen LogP contribution < -0.4 is 5.32 Å². The van der Waals surface area contributed by atoms with Crippen molar-refractivity contribution in [3.05, 3.63) is 34.9 Å². The fraction of sp³-hybridized carbons (Fsp3) is 0.533. The van der Waals surface area contributed by atoms with Crippen molar-refractivity contribution in [2.75, 3.05) is 13.6 Å². The largest absolute Gasteiger partial charge is 0.374 e. The number of hydrogen-bond donors (Lipinski definition) is 1. The van der Waals surface area contributed by atoms with Gasteiger partial charge in [0.2, 0.25) is 0 Å². The molecule has 1 N–H and O–H groups in total. The zero-order valence-electron chi connectivity index (χ0n) is 11.1. The number of nitriles is 1. The van der Waals surface area contributed by atoms with Gasteiger partial charge in [0.1, 0.15) is 0 Å². The average molecular weight is 244 g/mol. The summed E-state index contributed by atoms with van der Waals surface area (Å²) in [4.78, 5) is 0. The summed E-state index contributed by atoms with van der Waals surface area (Å²) in [7, 11) is 1.99. The van der Waals surface area contributed by atoms with Crippen LogP contribution in [-0.2, 0) is 11.3 Å². The molecule has 1 aromatic rings. The van der Waals surface area contributed by atoms with Crippen LogP contribution in [0.3, 0.4) is 0 Å². The van der Waals surface area contributed by atoms with Crippen LogP contribution in [-0.4, -0.2) is 19.7 Å². The van der Waals surface area contributed by atoms with Crippen LogP contribution in [0.1, 0.15) is 29.5 Å². The van der Waals surface area contributed by atoms with Crippen LogP contribution in [0.2, 0.25) is 0 Å². The molecule has 96 valence electrons. The van der Waals surface area contributed by atoms with E-state index >= 15 is 0 Å². The van der Waals surface area contributed by atoms with Gasteiger partial charge in [-0.25, -0.2) is 0 Å². The maximum Gasteiger partial charge on any atom is 0.0991 e. The highest BCUT2D eigenvalue weighted by Crippen LogP contribution is 2.30. The van der Waals surface area contributed by atoms with Crippen LogP contribution in [0.15, 0.2) is 18.2 Å². The van der Waals surface area contributed by atoms with E-state index in [1.54, 1.807) is 0 Å². The lowest BCUT2D eigenvalue weighted by Crippen LogP contribution is -2.36. The summed E-state index contributed by atoms with van der Waals surface area (Å²) in [5.74, 6) is 0.780. The Bertz CT molecular complexity index is 444. The van der Waals surface area contributed by atoms with E-state index < -0.39 is 0 Å². The fourth-order valence-corrected chi connectivity index (χ4v) is 2.40. The van der Waals surface area contributed by atoms with Crippen molar-refractivity contribution in [3.8, 4) is 6.07 Å². The van der Waals surface area contributed by atoms with E-state index in [1.807, 2.05) is 32.2 Å². The molecule has 0 spiro atoms. The molecule has 0 bridgehead atoms. The number of aryl methyl sites for hydroxylation is 1. The molecule has 0 radical (unpaired) electrons. The summed E-state index contributed by atoms with van der Waals surface area (Å²) in [6, 6.07) is 7.93. The van der Waals surface area contributed by atoms with E-state index in [0.717, 1.165) is 30.9 Å². The molecule has 2 rings (SSSR count). The summed E-state index contributed by atoms with van der Waals surface area (Å²) in [6.45, 7) is 3.79. The summed E-state index contributed by atoms with van der Waals surface area (Å²) < 4.78 is 5.88. The van der Waals surface area contributed by atoms with Gasteiger partial charge < -0.3 is 10.1 Å². The van der Waals surface area contributed by atoms with Crippen LogP contribution in [0.25, 0.3) is 0 Å². The number of ether oxygens (including phenoxy) is 1. The van der Waals surface area contributed by atoms with E-state index in [1.165, 1.54) is 5.56 Å². The fourth-order valence-electron chi connectivity index (χ4n) is 2.40. The second-order valence-corrected chi connectivity index (χ2v) is 5.08. The van der Waals surface area contributed by atoms with Crippen molar-refractivity contribution >= 4 is 0 Å². The van der Waals surface area contributed by atoms with Gasteiger partial charge in [0.15, 0.2) is 0 Å². The predicted octanol–water partition coefficient (Wildman–Crippen LogP) is 2.38. The minimum atomic E-state index is 0.415. The Morgan fingerprint density at radius 1 is 1.44 bits per heavy atom. The predicted molar refractivity (Wildman–Crippen MR) is 71.1 cm³/mol. The molecule has 1 aliphatic carbocycles. The van der Waals surface area contributed by atoms with Gasteiger partial charge in [0.25, 0.3) is 0 Å². The molecule has 0 aliphatic heterocycles. The maximum atomic E-state index is 8.81. The Hall–Kier alpha value is -1.37. The third-order valence-corrected chi connectivity index (χ3v) is 3.63. The van der Waals surface area contributed by atoms with Crippen molar-refractivity contribution in [1.29, 1.82) is 5.26 Å². The Morgan fingerprint density at radius 2 is 2.22 bits per heavy atom. The molecule has 0 unspecified atom stereocenters. The molecule has 18 heavy (non-hydrogen) atoms. The molecule has 0 aromatic heterocycles. The number of nitrogens with zero attached hydrogens (tertiary/aromatic N) is 1. The second kappa shape index (κ2) is 5.99. The quantitative estimate of drug-likeness (QED) is 0.865. The first-order valence-electron chi connectivity index (χ1n) is 6.48. The van der Waals surface area contributed by atoms with Gasteiger partial charge in [0.05, 0.1) is 24.3 Å². The summed E-state index contributed by atoms with van der Waals surface area (Å²) in [5, 5.41) is 12.0. The van der Waals surface area contributed by atoms with Gasteiger partial charge in [-0.2, -0.15) is 5.26 Å². The molecule has 0 saturated heterocycles. The lowest BCUT2D eigenvalue weighted by molar-refractivity contribution is -0.0392. The average Bonchev–Trinajstić information content (AvgIpc) is 2.33. The molecule has 3 heteroatoms. The summed E-state index contributed by atoms with van der Waals surface area (Å²) >= 11 is 0. The van der Waals surface area contributed by atoms with Gasteiger partial charge in [-0.05, 0) is 62.5 Å². The van der Waals surface area contributed by atoms with Crippen LogP contribution in [0, 0.1) is 24.2 Å². The van der Waals surface area contributed by atoms with Gasteiger partial charge >= 0.3 is 0 Å². The first-order valence-corrected chi connectivity index (χ1v) is 6.48. The van der Waals surface area contributed by atoms with Crippen molar-refractivity contribution < 1.29 is 4.74 Å². The molecule has 3 nitrogen and oxygen atoms in total. The van der Waals surface area contributed by atoms with Crippen LogP contribution in [0.4, 0.5) is 0 Å². The zero-order chi connectivity index (χ0) is 13.0. The number of rotatable bonds is 5. The molecule has 1 aromatic carbocycles. The Kier molecular flexibility index (Phi) is 4.35. The van der Waals surface area contributed by atoms with Crippen molar-refractivity contribution in [2.45, 2.75) is 32.5 Å². The van der Waals surface area contributed by atoms with Gasteiger partial charge in [-0.3, -0.25) is 0 Å². The van der Waals surface area contributed by atoms with Gasteiger partial charge in [-0.1, -0.05) is 6.07 Å². The van der Waals surface area contributed by atoms with E-state index in [2.05, 4.69) is 11.4 Å². The lowest BCUT2D eigenvalue weighted by Gasteiger charge is -2.35. The first kappa shape index (κ1) is 13.1. The van der Waals surface area contributed by atoms with Crippen molar-refractivity contribution in [3.63, 3.8) is 0 Å². The van der Waals surface area contributed by atoms with Crippen LogP contribution in [0.5, 0.6) is 0 Å². The smallest absolute Gasteiger partial charge is 0.0991 e. The number of nitrogens with one attached hydrogen (secondary N) is 1. The van der Waals surface area contributed by atoms with Crippen molar-refractivity contribution in [2.24, 2.45) is 5.92 Å². The Morgan fingerprint density at radius 3 is 2.83 bits per heavy atom.